The lowest BCUT2D eigenvalue weighted by molar-refractivity contribution is -0.198. The molecule has 0 spiro atoms. The second-order valence-corrected chi connectivity index (χ2v) is 8.34. The summed E-state index contributed by atoms with van der Waals surface area (Å²) in [5, 5.41) is 6.34. The summed E-state index contributed by atoms with van der Waals surface area (Å²) in [6.07, 6.45) is 16.0. The minimum absolute atomic E-state index is 0.00351. The molecule has 32 heavy (non-hydrogen) atoms. The summed E-state index contributed by atoms with van der Waals surface area (Å²) in [7, 11) is 0. The van der Waals surface area contributed by atoms with Crippen molar-refractivity contribution < 1.29 is 19.2 Å². The van der Waals surface area contributed by atoms with Gasteiger partial charge in [-0.05, 0) is 38.2 Å². The van der Waals surface area contributed by atoms with Crippen LogP contribution in [-0.2, 0) is 19.2 Å². The zero-order valence-corrected chi connectivity index (χ0v) is 18.8. The van der Waals surface area contributed by atoms with Crippen LogP contribution >= 0.6 is 0 Å². The van der Waals surface area contributed by atoms with Crippen LogP contribution in [0.25, 0.3) is 6.08 Å². The molecule has 9 heteroatoms. The van der Waals surface area contributed by atoms with Gasteiger partial charge in [0, 0.05) is 25.1 Å². The molecule has 3 N–H and O–H groups in total. The molecule has 1 saturated carbocycles. The van der Waals surface area contributed by atoms with Gasteiger partial charge in [0.25, 0.3) is 5.91 Å². The van der Waals surface area contributed by atoms with Crippen LogP contribution in [0.4, 0.5) is 5.82 Å². The van der Waals surface area contributed by atoms with Gasteiger partial charge in [0.2, 0.25) is 5.91 Å². The summed E-state index contributed by atoms with van der Waals surface area (Å²) < 4.78 is 5.39. The number of anilines is 1. The van der Waals surface area contributed by atoms with E-state index >= 15 is 0 Å². The van der Waals surface area contributed by atoms with Crippen molar-refractivity contribution in [2.24, 2.45) is 0 Å². The van der Waals surface area contributed by atoms with Gasteiger partial charge in [0.05, 0.1) is 18.1 Å². The number of rotatable bonds is 9. The van der Waals surface area contributed by atoms with E-state index < -0.39 is 12.2 Å². The van der Waals surface area contributed by atoms with Crippen molar-refractivity contribution in [1.29, 1.82) is 0 Å². The molecule has 3 rings (SSSR count). The van der Waals surface area contributed by atoms with Crippen LogP contribution in [0.3, 0.4) is 0 Å². The molecule has 1 aromatic rings. The third-order valence-electron chi connectivity index (χ3n) is 5.75. The van der Waals surface area contributed by atoms with Crippen LogP contribution in [0.2, 0.25) is 0 Å². The zero-order chi connectivity index (χ0) is 22.6. The summed E-state index contributed by atoms with van der Waals surface area (Å²) >= 11 is 0. The Hall–Kier alpha value is -2.52. The molecule has 1 saturated heterocycles. The maximum absolute atomic E-state index is 12.7. The molecule has 2 aliphatic rings. The van der Waals surface area contributed by atoms with Crippen LogP contribution < -0.4 is 16.1 Å². The highest BCUT2D eigenvalue weighted by molar-refractivity contribution is 5.90. The molecular weight excluding hydrogens is 410 g/mol. The number of hydrogen-bond acceptors (Lipinski definition) is 7. The molecule has 176 valence electrons. The third kappa shape index (κ3) is 8.20. The molecule has 0 bridgehead atoms. The van der Waals surface area contributed by atoms with Crippen molar-refractivity contribution in [3.05, 3.63) is 24.2 Å². The Morgan fingerprint density at radius 1 is 1.12 bits per heavy atom. The minimum Gasteiger partial charge on any atom is -0.357 e. The molecule has 2 amide bonds. The monoisotopic (exact) mass is 445 g/mol. The molecule has 2 atom stereocenters. The number of nitrogens with zero attached hydrogens (tertiary/aromatic N) is 2. The first-order valence-electron chi connectivity index (χ1n) is 11.8. The summed E-state index contributed by atoms with van der Waals surface area (Å²) in [5.41, 5.74) is 2.89. The number of aromatic nitrogens is 2. The third-order valence-corrected chi connectivity index (χ3v) is 5.75. The van der Waals surface area contributed by atoms with Gasteiger partial charge in [0.15, 0.2) is 6.29 Å². The van der Waals surface area contributed by atoms with E-state index in [-0.39, 0.29) is 18.0 Å². The van der Waals surface area contributed by atoms with E-state index in [0.29, 0.717) is 24.5 Å². The number of hydrogen-bond donors (Lipinski definition) is 3. The van der Waals surface area contributed by atoms with Crippen LogP contribution in [-0.4, -0.2) is 46.8 Å². The van der Waals surface area contributed by atoms with Crippen LogP contribution in [0, 0.1) is 0 Å². The molecule has 2 heterocycles. The number of amides is 2. The lowest BCUT2D eigenvalue weighted by Gasteiger charge is -2.22. The van der Waals surface area contributed by atoms with Gasteiger partial charge in [0.1, 0.15) is 11.9 Å². The largest absolute Gasteiger partial charge is 0.357 e. The number of nitrogens with one attached hydrogen (secondary N) is 3. The Morgan fingerprint density at radius 2 is 1.91 bits per heavy atom. The van der Waals surface area contributed by atoms with Crippen molar-refractivity contribution in [2.45, 2.75) is 89.5 Å². The number of hydroxylamine groups is 1. The smallest absolute Gasteiger partial charge is 0.267 e. The second-order valence-electron chi connectivity index (χ2n) is 8.34. The summed E-state index contributed by atoms with van der Waals surface area (Å²) in [6, 6.07) is -0.0990. The van der Waals surface area contributed by atoms with Gasteiger partial charge in [-0.3, -0.25) is 14.6 Å². The van der Waals surface area contributed by atoms with Crippen molar-refractivity contribution in [2.75, 3.05) is 11.9 Å². The minimum atomic E-state index is -0.399. The van der Waals surface area contributed by atoms with Crippen molar-refractivity contribution in [3.8, 4) is 0 Å². The van der Waals surface area contributed by atoms with Gasteiger partial charge >= 0.3 is 0 Å². The second kappa shape index (κ2) is 13.1. The Morgan fingerprint density at radius 3 is 2.56 bits per heavy atom. The van der Waals surface area contributed by atoms with E-state index in [1.807, 2.05) is 6.92 Å². The normalized spacial score (nSPS) is 21.0. The molecule has 1 aromatic heterocycles. The Kier molecular flexibility index (Phi) is 9.90. The van der Waals surface area contributed by atoms with Crippen molar-refractivity contribution in [3.63, 3.8) is 0 Å². The van der Waals surface area contributed by atoms with Gasteiger partial charge in [-0.2, -0.15) is 0 Å². The van der Waals surface area contributed by atoms with Crippen LogP contribution in [0.1, 0.15) is 76.8 Å². The number of carbonyl (C=O) groups is 2. The van der Waals surface area contributed by atoms with E-state index in [1.165, 1.54) is 31.8 Å². The first-order chi connectivity index (χ1) is 15.6. The van der Waals surface area contributed by atoms with E-state index in [2.05, 4.69) is 26.1 Å². The SMILES string of the molecule is CC[C@@H](Nc1cnc(C=CC(=O)NOC2CCCCO2)cn1)C(=O)NC1CCCCCC1. The van der Waals surface area contributed by atoms with Gasteiger partial charge in [-0.25, -0.2) is 15.3 Å². The number of carbonyl (C=O) groups excluding carboxylic acids is 2. The topological polar surface area (TPSA) is 114 Å². The van der Waals surface area contributed by atoms with Gasteiger partial charge < -0.3 is 15.4 Å². The molecular formula is C23H35N5O4. The molecule has 1 unspecified atom stereocenters. The highest BCUT2D eigenvalue weighted by Gasteiger charge is 2.21. The van der Waals surface area contributed by atoms with E-state index in [4.69, 9.17) is 9.57 Å². The lowest BCUT2D eigenvalue weighted by Crippen LogP contribution is -2.44. The Balaban J connectivity index is 1.44. The zero-order valence-electron chi connectivity index (χ0n) is 18.8. The standard InChI is InChI=1S/C23H35N5O4/c1-2-19(23(30)26-17-9-5-3-4-6-10-17)27-20-16-24-18(15-25-20)12-13-21(29)28-32-22-11-7-8-14-31-22/h12-13,15-17,19,22H,2-11,14H2,1H3,(H,25,27)(H,26,30)(H,28,29)/t19-,22?/m1/s1. The molecule has 0 aromatic carbocycles. The highest BCUT2D eigenvalue weighted by atomic mass is 16.8. The highest BCUT2D eigenvalue weighted by Crippen LogP contribution is 2.18. The fraction of sp³-hybridized carbons (Fsp3) is 0.652. The Bertz CT molecular complexity index is 741. The molecule has 0 radical (unpaired) electrons. The average molecular weight is 446 g/mol. The predicted molar refractivity (Wildman–Crippen MR) is 121 cm³/mol. The molecule has 1 aliphatic carbocycles. The van der Waals surface area contributed by atoms with Crippen molar-refractivity contribution in [1.82, 2.24) is 20.8 Å². The van der Waals surface area contributed by atoms with E-state index in [9.17, 15) is 9.59 Å². The first-order valence-corrected chi connectivity index (χ1v) is 11.8. The summed E-state index contributed by atoms with van der Waals surface area (Å²) in [4.78, 5) is 38.4. The molecule has 1 aliphatic heterocycles. The molecule has 9 nitrogen and oxygen atoms in total. The predicted octanol–water partition coefficient (Wildman–Crippen LogP) is 3.09. The maximum Gasteiger partial charge on any atom is 0.267 e. The summed E-state index contributed by atoms with van der Waals surface area (Å²) in [6.45, 7) is 2.61. The first kappa shape index (κ1) is 24.1. The van der Waals surface area contributed by atoms with Crippen LogP contribution in [0.15, 0.2) is 18.5 Å². The maximum atomic E-state index is 12.7. The number of ether oxygens (including phenoxy) is 1. The van der Waals surface area contributed by atoms with Gasteiger partial charge in [-0.1, -0.05) is 32.6 Å². The quantitative estimate of drug-likeness (QED) is 0.304. The fourth-order valence-electron chi connectivity index (χ4n) is 3.88. The average Bonchev–Trinajstić information content (AvgIpc) is 3.10. The summed E-state index contributed by atoms with van der Waals surface area (Å²) in [5.74, 6) is 0.125. The van der Waals surface area contributed by atoms with Crippen LogP contribution in [0.5, 0.6) is 0 Å². The Labute approximate surface area is 189 Å². The van der Waals surface area contributed by atoms with Gasteiger partial charge in [-0.15, -0.1) is 0 Å². The lowest BCUT2D eigenvalue weighted by atomic mass is 10.1. The fourth-order valence-corrected chi connectivity index (χ4v) is 3.88. The molecule has 2 fully saturated rings. The van der Waals surface area contributed by atoms with E-state index in [0.717, 1.165) is 32.1 Å². The van der Waals surface area contributed by atoms with Crippen molar-refractivity contribution >= 4 is 23.7 Å². The van der Waals surface area contributed by atoms with E-state index in [1.54, 1.807) is 18.5 Å².